The highest BCUT2D eigenvalue weighted by molar-refractivity contribution is 7.99. The van der Waals surface area contributed by atoms with Gasteiger partial charge >= 0.3 is 6.18 Å². The molecule has 3 nitrogen and oxygen atoms in total. The molecule has 102 valence electrons. The summed E-state index contributed by atoms with van der Waals surface area (Å²) in [5.41, 5.74) is 1.41. The van der Waals surface area contributed by atoms with Crippen LogP contribution in [0.3, 0.4) is 0 Å². The highest BCUT2D eigenvalue weighted by Crippen LogP contribution is 2.34. The first kappa shape index (κ1) is 15.1. The number of nitrogens with one attached hydrogen (secondary N) is 1. The van der Waals surface area contributed by atoms with Crippen LogP contribution in [0.15, 0.2) is 17.2 Å². The van der Waals surface area contributed by atoms with Crippen LogP contribution in [0, 0.1) is 5.92 Å². The van der Waals surface area contributed by atoms with Gasteiger partial charge in [0.25, 0.3) is 0 Å². The molecule has 0 bridgehead atoms. The first-order chi connectivity index (χ1) is 8.24. The number of nitrogens with two attached hydrogens (primary N) is 1. The molecule has 1 aromatic heterocycles. The predicted molar refractivity (Wildman–Crippen MR) is 67.2 cm³/mol. The van der Waals surface area contributed by atoms with Gasteiger partial charge in [0.2, 0.25) is 0 Å². The Balaban J connectivity index is 3.05. The van der Waals surface area contributed by atoms with Crippen LogP contribution in [0.5, 0.6) is 0 Å². The third kappa shape index (κ3) is 4.06. The molecule has 0 fully saturated rings. The van der Waals surface area contributed by atoms with E-state index < -0.39 is 11.7 Å². The highest BCUT2D eigenvalue weighted by Gasteiger charge is 2.31. The number of halogens is 3. The minimum Gasteiger partial charge on any atom is -0.308 e. The second-order valence-corrected chi connectivity index (χ2v) is 5.69. The van der Waals surface area contributed by atoms with E-state index in [1.165, 1.54) is 11.8 Å². The smallest absolute Gasteiger partial charge is 0.308 e. The lowest BCUT2D eigenvalue weighted by Crippen LogP contribution is -2.13. The van der Waals surface area contributed by atoms with Crippen molar-refractivity contribution >= 4 is 17.6 Å². The summed E-state index contributed by atoms with van der Waals surface area (Å²) in [6.07, 6.45) is -4.40. The molecule has 1 unspecified atom stereocenters. The zero-order chi connectivity index (χ0) is 13.9. The molecule has 0 spiro atoms. The number of thioether (sulfide) groups is 1. The molecular weight excluding hydrogens is 263 g/mol. The molecular formula is C11H16F3N3S. The number of hydrazine groups is 1. The van der Waals surface area contributed by atoms with Crippen molar-refractivity contribution in [3.8, 4) is 0 Å². The van der Waals surface area contributed by atoms with Crippen LogP contribution in [0.1, 0.15) is 26.3 Å². The first-order valence-corrected chi connectivity index (χ1v) is 6.34. The Kier molecular flexibility index (Phi) is 4.86. The molecule has 1 aromatic rings. The third-order valence-electron chi connectivity index (χ3n) is 2.52. The topological polar surface area (TPSA) is 50.9 Å². The summed E-state index contributed by atoms with van der Waals surface area (Å²) in [5, 5.41) is 0.491. The summed E-state index contributed by atoms with van der Waals surface area (Å²) in [4.78, 5) is 4.01. The summed E-state index contributed by atoms with van der Waals surface area (Å²) < 4.78 is 38.0. The molecule has 0 aliphatic heterocycles. The van der Waals surface area contributed by atoms with Crippen molar-refractivity contribution in [3.63, 3.8) is 0 Å². The van der Waals surface area contributed by atoms with Crippen LogP contribution in [0.2, 0.25) is 0 Å². The number of alkyl halides is 3. The predicted octanol–water partition coefficient (Wildman–Crippen LogP) is 3.52. The van der Waals surface area contributed by atoms with E-state index in [-0.39, 0.29) is 11.1 Å². The minimum atomic E-state index is -4.40. The average molecular weight is 279 g/mol. The van der Waals surface area contributed by atoms with Gasteiger partial charge in [0, 0.05) is 5.25 Å². The van der Waals surface area contributed by atoms with Crippen molar-refractivity contribution in [3.05, 3.63) is 17.7 Å². The fourth-order valence-electron chi connectivity index (χ4n) is 1.13. The SMILES string of the molecule is CC(C)C(C)Sc1cc(C(F)(F)F)cc(NN)n1. The number of rotatable bonds is 4. The largest absolute Gasteiger partial charge is 0.416 e. The van der Waals surface area contributed by atoms with Crippen LogP contribution in [0.4, 0.5) is 19.0 Å². The summed E-state index contributed by atoms with van der Waals surface area (Å²) in [7, 11) is 0. The standard InChI is InChI=1S/C11H16F3N3S/c1-6(2)7(3)18-10-5-8(11(12,13)14)4-9(16-10)17-15/h4-7H,15H2,1-3H3,(H,16,17). The fourth-order valence-corrected chi connectivity index (χ4v) is 2.13. The van der Waals surface area contributed by atoms with Gasteiger partial charge in [-0.1, -0.05) is 20.8 Å². The molecule has 0 saturated carbocycles. The van der Waals surface area contributed by atoms with E-state index in [2.05, 4.69) is 10.4 Å². The summed E-state index contributed by atoms with van der Waals surface area (Å²) in [5.74, 6) is 5.50. The number of hydrogen-bond acceptors (Lipinski definition) is 4. The second-order valence-electron chi connectivity index (χ2n) is 4.29. The molecule has 7 heteroatoms. The normalized spacial score (nSPS) is 13.8. The van der Waals surface area contributed by atoms with E-state index in [1.54, 1.807) is 0 Å². The molecule has 1 rings (SSSR count). The van der Waals surface area contributed by atoms with Gasteiger partial charge in [0.1, 0.15) is 5.82 Å². The second kappa shape index (κ2) is 5.79. The summed E-state index contributed by atoms with van der Waals surface area (Å²) in [6.45, 7) is 5.97. The number of nitrogens with zero attached hydrogens (tertiary/aromatic N) is 1. The number of hydrogen-bond donors (Lipinski definition) is 2. The van der Waals surface area contributed by atoms with Gasteiger partial charge in [-0.25, -0.2) is 10.8 Å². The Morgan fingerprint density at radius 3 is 2.33 bits per heavy atom. The van der Waals surface area contributed by atoms with Crippen molar-refractivity contribution < 1.29 is 13.2 Å². The minimum absolute atomic E-state index is 0.0169. The highest BCUT2D eigenvalue weighted by atomic mass is 32.2. The third-order valence-corrected chi connectivity index (χ3v) is 3.89. The zero-order valence-electron chi connectivity index (χ0n) is 10.4. The lowest BCUT2D eigenvalue weighted by atomic mass is 10.2. The van der Waals surface area contributed by atoms with Crippen LogP contribution in [-0.2, 0) is 6.18 Å². The molecule has 18 heavy (non-hydrogen) atoms. The summed E-state index contributed by atoms with van der Waals surface area (Å²) >= 11 is 1.30. The maximum absolute atomic E-state index is 12.7. The van der Waals surface area contributed by atoms with Crippen LogP contribution < -0.4 is 11.3 Å². The number of pyridine rings is 1. The van der Waals surface area contributed by atoms with Crippen LogP contribution in [0.25, 0.3) is 0 Å². The quantitative estimate of drug-likeness (QED) is 0.503. The van der Waals surface area contributed by atoms with E-state index >= 15 is 0 Å². The van der Waals surface area contributed by atoms with Crippen molar-refractivity contribution in [1.29, 1.82) is 0 Å². The molecule has 3 N–H and O–H groups in total. The van der Waals surface area contributed by atoms with E-state index in [0.29, 0.717) is 10.9 Å². The fraction of sp³-hybridized carbons (Fsp3) is 0.545. The monoisotopic (exact) mass is 279 g/mol. The number of aromatic nitrogens is 1. The number of anilines is 1. The van der Waals surface area contributed by atoms with Crippen molar-refractivity contribution in [2.24, 2.45) is 11.8 Å². The Labute approximate surface area is 108 Å². The van der Waals surface area contributed by atoms with Crippen LogP contribution in [-0.4, -0.2) is 10.2 Å². The molecule has 0 amide bonds. The van der Waals surface area contributed by atoms with Crippen molar-refractivity contribution in [1.82, 2.24) is 4.98 Å². The average Bonchev–Trinajstić information content (AvgIpc) is 2.27. The summed E-state index contributed by atoms with van der Waals surface area (Å²) in [6, 6.07) is 1.94. The molecule has 0 aliphatic rings. The van der Waals surface area contributed by atoms with Crippen molar-refractivity contribution in [2.75, 3.05) is 5.43 Å². The Morgan fingerprint density at radius 1 is 1.28 bits per heavy atom. The van der Waals surface area contributed by atoms with Gasteiger partial charge in [-0.15, -0.1) is 11.8 Å². The van der Waals surface area contributed by atoms with Crippen LogP contribution >= 0.6 is 11.8 Å². The molecule has 0 saturated heterocycles. The molecule has 1 atom stereocenters. The van der Waals surface area contributed by atoms with Gasteiger partial charge in [0.15, 0.2) is 0 Å². The number of nitrogen functional groups attached to an aromatic ring is 1. The zero-order valence-corrected chi connectivity index (χ0v) is 11.2. The Morgan fingerprint density at radius 2 is 1.89 bits per heavy atom. The van der Waals surface area contributed by atoms with Gasteiger partial charge in [-0.3, -0.25) is 0 Å². The van der Waals surface area contributed by atoms with Gasteiger partial charge in [-0.2, -0.15) is 13.2 Å². The van der Waals surface area contributed by atoms with E-state index in [9.17, 15) is 13.2 Å². The van der Waals surface area contributed by atoms with E-state index in [0.717, 1.165) is 12.1 Å². The molecule has 0 aliphatic carbocycles. The van der Waals surface area contributed by atoms with E-state index in [1.807, 2.05) is 20.8 Å². The van der Waals surface area contributed by atoms with Gasteiger partial charge < -0.3 is 5.43 Å². The van der Waals surface area contributed by atoms with Gasteiger partial charge in [-0.05, 0) is 18.1 Å². The maximum Gasteiger partial charge on any atom is 0.416 e. The van der Waals surface area contributed by atoms with E-state index in [4.69, 9.17) is 5.84 Å². The molecule has 1 heterocycles. The van der Waals surface area contributed by atoms with Crippen molar-refractivity contribution in [2.45, 2.75) is 37.2 Å². The molecule has 0 aromatic carbocycles. The Bertz CT molecular complexity index is 407. The lowest BCUT2D eigenvalue weighted by Gasteiger charge is -2.16. The first-order valence-electron chi connectivity index (χ1n) is 5.46. The molecule has 0 radical (unpaired) electrons. The maximum atomic E-state index is 12.7. The lowest BCUT2D eigenvalue weighted by molar-refractivity contribution is -0.137. The van der Waals surface area contributed by atoms with Gasteiger partial charge in [0.05, 0.1) is 10.6 Å². The Hall–Kier alpha value is -0.950.